The molecule has 0 amide bonds. The lowest BCUT2D eigenvalue weighted by Crippen LogP contribution is -2.13. The maximum Gasteiger partial charge on any atom is 0.262 e. The van der Waals surface area contributed by atoms with Crippen molar-refractivity contribution >= 4 is 27.6 Å². The first kappa shape index (κ1) is 13.7. The Bertz CT molecular complexity index is 839. The van der Waals surface area contributed by atoms with E-state index in [0.717, 1.165) is 24.0 Å². The van der Waals surface area contributed by atoms with Crippen molar-refractivity contribution in [3.05, 3.63) is 22.7 Å². The maximum absolute atomic E-state index is 12.3. The van der Waals surface area contributed by atoms with Gasteiger partial charge in [-0.1, -0.05) is 19.8 Å². The van der Waals surface area contributed by atoms with E-state index in [0.29, 0.717) is 23.1 Å². The minimum atomic E-state index is -0.0573. The van der Waals surface area contributed by atoms with Crippen molar-refractivity contribution < 1.29 is 0 Å². The molecule has 0 unspecified atom stereocenters. The van der Waals surface area contributed by atoms with Gasteiger partial charge in [0.15, 0.2) is 5.65 Å². The summed E-state index contributed by atoms with van der Waals surface area (Å²) in [5.74, 6) is 0. The van der Waals surface area contributed by atoms with E-state index in [1.54, 1.807) is 10.8 Å². The molecule has 0 saturated carbocycles. The van der Waals surface area contributed by atoms with E-state index >= 15 is 0 Å². The molecule has 0 saturated heterocycles. The van der Waals surface area contributed by atoms with Crippen LogP contribution in [-0.4, -0.2) is 19.3 Å². The van der Waals surface area contributed by atoms with Crippen LogP contribution in [0.2, 0.25) is 0 Å². The number of hydrogen-bond acceptors (Lipinski definition) is 3. The van der Waals surface area contributed by atoms with Crippen LogP contribution < -0.4 is 11.3 Å². The summed E-state index contributed by atoms with van der Waals surface area (Å²) in [6, 6.07) is 0. The maximum atomic E-state index is 12.3. The van der Waals surface area contributed by atoms with Gasteiger partial charge in [-0.2, -0.15) is 0 Å². The van der Waals surface area contributed by atoms with Crippen LogP contribution in [0.1, 0.15) is 33.1 Å². The highest BCUT2D eigenvalue weighted by atomic mass is 16.1. The zero-order valence-corrected chi connectivity index (χ0v) is 12.5. The minimum Gasteiger partial charge on any atom is -0.397 e. The number of aromatic nitrogens is 4. The van der Waals surface area contributed by atoms with Crippen molar-refractivity contribution in [1.29, 1.82) is 0 Å². The number of nitrogens with zero attached hydrogens (tertiary/aromatic N) is 3. The standard InChI is InChI=1S/C15H21N5O/c1-3-5-6-7-20-14-10(8-17-20)13(16)12-11(18-14)9-19(4-2)15(12)21/h8-9,17H,3-7,16H2,1-2H3. The van der Waals surface area contributed by atoms with Crippen molar-refractivity contribution in [2.45, 2.75) is 46.2 Å². The van der Waals surface area contributed by atoms with E-state index in [2.05, 4.69) is 17.0 Å². The van der Waals surface area contributed by atoms with Crippen LogP contribution >= 0.6 is 0 Å². The minimum absolute atomic E-state index is 0.0573. The van der Waals surface area contributed by atoms with Gasteiger partial charge in [-0.25, -0.2) is 4.98 Å². The molecule has 0 fully saturated rings. The van der Waals surface area contributed by atoms with Crippen molar-refractivity contribution in [2.75, 3.05) is 5.73 Å². The molecule has 0 aliphatic heterocycles. The Morgan fingerprint density at radius 1 is 1.33 bits per heavy atom. The average Bonchev–Trinajstić information content (AvgIpc) is 3.02. The molecule has 0 atom stereocenters. The van der Waals surface area contributed by atoms with Crippen LogP contribution in [0.4, 0.5) is 5.69 Å². The van der Waals surface area contributed by atoms with Crippen molar-refractivity contribution in [1.82, 2.24) is 19.3 Å². The SMILES string of the molecule is CCCCCn1[nH]cc2c(N)c3c(=O)n(CC)cc3nc21. The average molecular weight is 287 g/mol. The van der Waals surface area contributed by atoms with Crippen molar-refractivity contribution in [3.8, 4) is 0 Å². The van der Waals surface area contributed by atoms with Gasteiger partial charge in [0, 0.05) is 25.5 Å². The Morgan fingerprint density at radius 3 is 2.86 bits per heavy atom. The van der Waals surface area contributed by atoms with E-state index in [9.17, 15) is 4.79 Å². The summed E-state index contributed by atoms with van der Waals surface area (Å²) >= 11 is 0. The van der Waals surface area contributed by atoms with Crippen LogP contribution in [0.5, 0.6) is 0 Å². The highest BCUT2D eigenvalue weighted by Crippen LogP contribution is 2.26. The van der Waals surface area contributed by atoms with Gasteiger partial charge in [-0.3, -0.25) is 9.48 Å². The lowest BCUT2D eigenvalue weighted by Gasteiger charge is -2.04. The molecule has 0 aliphatic carbocycles. The smallest absolute Gasteiger partial charge is 0.262 e. The second-order valence-electron chi connectivity index (χ2n) is 5.38. The molecular weight excluding hydrogens is 266 g/mol. The number of unbranched alkanes of at least 4 members (excludes halogenated alkanes) is 2. The number of nitrogens with one attached hydrogen (secondary N) is 1. The van der Waals surface area contributed by atoms with Crippen LogP contribution in [0.25, 0.3) is 21.9 Å². The number of H-pyrrole nitrogens is 1. The molecular formula is C15H21N5O. The number of hydrogen-bond donors (Lipinski definition) is 2. The summed E-state index contributed by atoms with van der Waals surface area (Å²) in [6.07, 6.45) is 7.09. The largest absolute Gasteiger partial charge is 0.397 e. The molecule has 3 heterocycles. The van der Waals surface area contributed by atoms with Gasteiger partial charge < -0.3 is 15.4 Å². The molecule has 3 rings (SSSR count). The second-order valence-corrected chi connectivity index (χ2v) is 5.38. The van der Waals surface area contributed by atoms with Crippen LogP contribution in [0.3, 0.4) is 0 Å². The molecule has 6 nitrogen and oxygen atoms in total. The van der Waals surface area contributed by atoms with Gasteiger partial charge in [-0.05, 0) is 13.3 Å². The summed E-state index contributed by atoms with van der Waals surface area (Å²) in [7, 11) is 0. The lowest BCUT2D eigenvalue weighted by atomic mass is 10.2. The van der Waals surface area contributed by atoms with Gasteiger partial charge in [0.25, 0.3) is 5.56 Å². The third-order valence-corrected chi connectivity index (χ3v) is 3.98. The fourth-order valence-electron chi connectivity index (χ4n) is 2.77. The van der Waals surface area contributed by atoms with E-state index in [1.807, 2.05) is 17.8 Å². The van der Waals surface area contributed by atoms with Gasteiger partial charge in [-0.15, -0.1) is 0 Å². The molecule has 0 spiro atoms. The Kier molecular flexibility index (Phi) is 3.45. The first-order valence-corrected chi connectivity index (χ1v) is 7.53. The van der Waals surface area contributed by atoms with Gasteiger partial charge in [0.2, 0.25) is 0 Å². The third kappa shape index (κ3) is 2.11. The van der Waals surface area contributed by atoms with E-state index in [4.69, 9.17) is 5.73 Å². The second kappa shape index (κ2) is 5.27. The lowest BCUT2D eigenvalue weighted by molar-refractivity contribution is 0.564. The molecule has 3 aromatic heterocycles. The van der Waals surface area contributed by atoms with Crippen molar-refractivity contribution in [2.24, 2.45) is 0 Å². The van der Waals surface area contributed by atoms with Gasteiger partial charge in [0.05, 0.1) is 22.0 Å². The Balaban J connectivity index is 2.17. The Morgan fingerprint density at radius 2 is 2.14 bits per heavy atom. The fraction of sp³-hybridized carbons (Fsp3) is 0.467. The summed E-state index contributed by atoms with van der Waals surface area (Å²) in [4.78, 5) is 16.9. The first-order chi connectivity index (χ1) is 10.2. The third-order valence-electron chi connectivity index (χ3n) is 3.98. The summed E-state index contributed by atoms with van der Waals surface area (Å²) < 4.78 is 3.66. The van der Waals surface area contributed by atoms with Crippen LogP contribution in [0.15, 0.2) is 17.2 Å². The zero-order valence-electron chi connectivity index (χ0n) is 12.5. The molecule has 3 N–H and O–H groups in total. The number of aryl methyl sites for hydroxylation is 2. The Labute approximate surface area is 122 Å². The van der Waals surface area contributed by atoms with Crippen LogP contribution in [-0.2, 0) is 13.1 Å². The number of nitrogens with two attached hydrogens (primary N) is 1. The normalized spacial score (nSPS) is 11.7. The van der Waals surface area contributed by atoms with E-state index in [1.165, 1.54) is 12.8 Å². The number of pyridine rings is 1. The molecule has 0 aliphatic rings. The fourth-order valence-corrected chi connectivity index (χ4v) is 2.77. The summed E-state index contributed by atoms with van der Waals surface area (Å²) in [5.41, 5.74) is 8.17. The van der Waals surface area contributed by atoms with Crippen molar-refractivity contribution in [3.63, 3.8) is 0 Å². The number of nitrogen functional groups attached to an aromatic ring is 1. The molecule has 21 heavy (non-hydrogen) atoms. The summed E-state index contributed by atoms with van der Waals surface area (Å²) in [5, 5.41) is 4.55. The molecule has 0 aromatic carbocycles. The van der Waals surface area contributed by atoms with E-state index in [-0.39, 0.29) is 5.56 Å². The molecule has 0 bridgehead atoms. The predicted molar refractivity (Wildman–Crippen MR) is 85.5 cm³/mol. The Hall–Kier alpha value is -2.24. The first-order valence-electron chi connectivity index (χ1n) is 7.53. The monoisotopic (exact) mass is 287 g/mol. The molecule has 112 valence electrons. The van der Waals surface area contributed by atoms with Crippen LogP contribution in [0, 0.1) is 0 Å². The quantitative estimate of drug-likeness (QED) is 0.707. The highest BCUT2D eigenvalue weighted by Gasteiger charge is 2.15. The molecule has 0 radical (unpaired) electrons. The number of anilines is 1. The zero-order chi connectivity index (χ0) is 15.0. The number of rotatable bonds is 5. The number of fused-ring (bicyclic) bond motifs is 2. The van der Waals surface area contributed by atoms with Gasteiger partial charge >= 0.3 is 0 Å². The van der Waals surface area contributed by atoms with E-state index < -0.39 is 0 Å². The molecule has 3 aromatic rings. The summed E-state index contributed by atoms with van der Waals surface area (Å²) in [6.45, 7) is 5.63. The predicted octanol–water partition coefficient (Wildman–Crippen LogP) is 2.47. The number of aromatic amines is 1. The highest BCUT2D eigenvalue weighted by molar-refractivity contribution is 6.05. The van der Waals surface area contributed by atoms with Gasteiger partial charge in [0.1, 0.15) is 0 Å². The topological polar surface area (TPSA) is 81.6 Å². The molecule has 6 heteroatoms.